The quantitative estimate of drug-likeness (QED) is 0.601. The van der Waals surface area contributed by atoms with E-state index in [4.69, 9.17) is 11.6 Å². The van der Waals surface area contributed by atoms with Crippen LogP contribution in [-0.2, 0) is 12.4 Å². The van der Waals surface area contributed by atoms with Crippen LogP contribution in [0.4, 0.5) is 8.78 Å². The van der Waals surface area contributed by atoms with Gasteiger partial charge in [-0.25, -0.2) is 13.8 Å². The molecule has 0 bridgehead atoms. The lowest BCUT2D eigenvalue weighted by molar-refractivity contribution is 0.621. The van der Waals surface area contributed by atoms with Crippen LogP contribution in [-0.4, -0.2) is 9.55 Å². The maximum absolute atomic E-state index is 13.8. The summed E-state index contributed by atoms with van der Waals surface area (Å²) in [5, 5.41) is 0. The molecule has 0 radical (unpaired) electrons. The summed E-state index contributed by atoms with van der Waals surface area (Å²) < 4.78 is 28.9. The lowest BCUT2D eigenvalue weighted by Gasteiger charge is -2.08. The minimum Gasteiger partial charge on any atom is -0.322 e. The minimum atomic E-state index is -0.358. The van der Waals surface area contributed by atoms with Gasteiger partial charge in [-0.2, -0.15) is 0 Å². The van der Waals surface area contributed by atoms with E-state index in [0.29, 0.717) is 27.9 Å². The molecule has 2 nitrogen and oxygen atoms in total. The molecule has 6 heteroatoms. The summed E-state index contributed by atoms with van der Waals surface area (Å²) >= 11 is 9.07. The van der Waals surface area contributed by atoms with Gasteiger partial charge in [-0.3, -0.25) is 0 Å². The molecule has 1 heterocycles. The van der Waals surface area contributed by atoms with Crippen molar-refractivity contribution in [3.8, 4) is 0 Å². The molecule has 2 aromatic carbocycles. The molecule has 0 unspecified atom stereocenters. The zero-order valence-electron chi connectivity index (χ0n) is 10.8. The Kier molecular flexibility index (Phi) is 3.95. The van der Waals surface area contributed by atoms with Crippen molar-refractivity contribution in [2.75, 3.05) is 0 Å². The molecule has 0 fully saturated rings. The largest absolute Gasteiger partial charge is 0.322 e. The zero-order valence-corrected chi connectivity index (χ0v) is 13.1. The summed E-state index contributed by atoms with van der Waals surface area (Å²) in [7, 11) is 0. The lowest BCUT2D eigenvalue weighted by atomic mass is 10.2. The molecule has 0 atom stereocenters. The summed E-state index contributed by atoms with van der Waals surface area (Å²) in [6.07, 6.45) is 0. The van der Waals surface area contributed by atoms with Crippen LogP contribution >= 0.6 is 27.5 Å². The van der Waals surface area contributed by atoms with Gasteiger partial charge in [0.1, 0.15) is 17.5 Å². The molecule has 0 aliphatic rings. The Balaban J connectivity index is 2.11. The van der Waals surface area contributed by atoms with Gasteiger partial charge in [-0.15, -0.1) is 11.6 Å². The molecule has 1 aromatic heterocycles. The smallest absolute Gasteiger partial charge is 0.139 e. The number of fused-ring (bicyclic) bond motifs is 1. The highest BCUT2D eigenvalue weighted by Gasteiger charge is 2.13. The highest BCUT2D eigenvalue weighted by Crippen LogP contribution is 2.25. The molecule has 0 saturated heterocycles. The normalized spacial score (nSPS) is 11.2. The third-order valence-electron chi connectivity index (χ3n) is 3.24. The molecule has 0 spiro atoms. The van der Waals surface area contributed by atoms with E-state index in [1.165, 1.54) is 18.2 Å². The van der Waals surface area contributed by atoms with E-state index in [0.717, 1.165) is 5.56 Å². The van der Waals surface area contributed by atoms with E-state index in [1.54, 1.807) is 18.2 Å². The van der Waals surface area contributed by atoms with Crippen LogP contribution in [0.25, 0.3) is 11.0 Å². The third-order valence-corrected chi connectivity index (χ3v) is 4.09. The standard InChI is InChI=1S/C15H10BrClF2N2/c16-11-5-13-14(6-12(11)19)21(15(7-17)20-13)8-9-1-3-10(18)4-2-9/h1-6H,7-8H2. The van der Waals surface area contributed by atoms with Crippen molar-refractivity contribution in [3.05, 3.63) is 63.9 Å². The van der Waals surface area contributed by atoms with E-state index in [1.807, 2.05) is 4.57 Å². The summed E-state index contributed by atoms with van der Waals surface area (Å²) in [4.78, 5) is 4.41. The second-order valence-electron chi connectivity index (χ2n) is 4.63. The fourth-order valence-electron chi connectivity index (χ4n) is 2.22. The third kappa shape index (κ3) is 2.80. The Morgan fingerprint density at radius 2 is 1.86 bits per heavy atom. The van der Waals surface area contributed by atoms with Gasteiger partial charge in [0.2, 0.25) is 0 Å². The second kappa shape index (κ2) is 5.73. The van der Waals surface area contributed by atoms with Crippen LogP contribution in [0.15, 0.2) is 40.9 Å². The molecule has 0 aliphatic carbocycles. The lowest BCUT2D eigenvalue weighted by Crippen LogP contribution is -2.04. The Hall–Kier alpha value is -1.46. The van der Waals surface area contributed by atoms with Crippen molar-refractivity contribution in [1.82, 2.24) is 9.55 Å². The van der Waals surface area contributed by atoms with Crippen LogP contribution < -0.4 is 0 Å². The fourth-order valence-corrected chi connectivity index (χ4v) is 2.76. The number of rotatable bonds is 3. The molecule has 0 amide bonds. The number of aromatic nitrogens is 2. The highest BCUT2D eigenvalue weighted by molar-refractivity contribution is 9.10. The van der Waals surface area contributed by atoms with Gasteiger partial charge in [0.05, 0.1) is 21.4 Å². The first-order valence-electron chi connectivity index (χ1n) is 6.23. The summed E-state index contributed by atoms with van der Waals surface area (Å²) in [5.41, 5.74) is 2.22. The number of halogens is 4. The highest BCUT2D eigenvalue weighted by atomic mass is 79.9. The van der Waals surface area contributed by atoms with Gasteiger partial charge < -0.3 is 4.57 Å². The molecular formula is C15H10BrClF2N2. The van der Waals surface area contributed by atoms with Gasteiger partial charge >= 0.3 is 0 Å². The first-order chi connectivity index (χ1) is 10.1. The molecule has 21 heavy (non-hydrogen) atoms. The Labute approximate surface area is 133 Å². The molecular weight excluding hydrogens is 362 g/mol. The maximum atomic E-state index is 13.8. The number of alkyl halides is 1. The molecule has 3 rings (SSSR count). The Morgan fingerprint density at radius 3 is 2.52 bits per heavy atom. The monoisotopic (exact) mass is 370 g/mol. The van der Waals surface area contributed by atoms with Gasteiger partial charge in [-0.05, 0) is 39.7 Å². The van der Waals surface area contributed by atoms with Crippen LogP contribution in [0.3, 0.4) is 0 Å². The number of hydrogen-bond donors (Lipinski definition) is 0. The van der Waals surface area contributed by atoms with Crippen molar-refractivity contribution in [2.45, 2.75) is 12.4 Å². The van der Waals surface area contributed by atoms with E-state index in [2.05, 4.69) is 20.9 Å². The van der Waals surface area contributed by atoms with Crippen molar-refractivity contribution in [3.63, 3.8) is 0 Å². The van der Waals surface area contributed by atoms with Crippen molar-refractivity contribution >= 4 is 38.6 Å². The van der Waals surface area contributed by atoms with Gasteiger partial charge in [0.15, 0.2) is 0 Å². The first-order valence-corrected chi connectivity index (χ1v) is 7.56. The fraction of sp³-hybridized carbons (Fsp3) is 0.133. The van der Waals surface area contributed by atoms with Crippen molar-refractivity contribution in [1.29, 1.82) is 0 Å². The topological polar surface area (TPSA) is 17.8 Å². The first kappa shape index (κ1) is 14.5. The van der Waals surface area contributed by atoms with E-state index >= 15 is 0 Å². The molecule has 108 valence electrons. The second-order valence-corrected chi connectivity index (χ2v) is 5.75. The van der Waals surface area contributed by atoms with Crippen LogP contribution in [0.2, 0.25) is 0 Å². The summed E-state index contributed by atoms with van der Waals surface area (Å²) in [6, 6.07) is 9.22. The maximum Gasteiger partial charge on any atom is 0.139 e. The number of hydrogen-bond acceptors (Lipinski definition) is 1. The molecule has 0 N–H and O–H groups in total. The van der Waals surface area contributed by atoms with Gasteiger partial charge in [0, 0.05) is 12.6 Å². The average molecular weight is 372 g/mol. The van der Waals surface area contributed by atoms with Crippen LogP contribution in [0.5, 0.6) is 0 Å². The van der Waals surface area contributed by atoms with Crippen LogP contribution in [0, 0.1) is 11.6 Å². The van der Waals surface area contributed by atoms with Crippen LogP contribution in [0.1, 0.15) is 11.4 Å². The molecule has 0 saturated carbocycles. The number of benzene rings is 2. The van der Waals surface area contributed by atoms with E-state index < -0.39 is 0 Å². The zero-order chi connectivity index (χ0) is 15.0. The average Bonchev–Trinajstić information content (AvgIpc) is 2.79. The van der Waals surface area contributed by atoms with Gasteiger partial charge in [-0.1, -0.05) is 12.1 Å². The minimum absolute atomic E-state index is 0.217. The molecule has 0 aliphatic heterocycles. The molecule has 3 aromatic rings. The predicted octanol–water partition coefficient (Wildman–Crippen LogP) is 4.86. The number of imidazole rings is 1. The Morgan fingerprint density at radius 1 is 1.14 bits per heavy atom. The summed E-state index contributed by atoms with van der Waals surface area (Å²) in [5.74, 6) is 0.217. The Bertz CT molecular complexity index is 800. The predicted molar refractivity (Wildman–Crippen MR) is 82.5 cm³/mol. The van der Waals surface area contributed by atoms with Crippen molar-refractivity contribution < 1.29 is 8.78 Å². The SMILES string of the molecule is Fc1ccc(Cn2c(CCl)nc3cc(Br)c(F)cc32)cc1. The van der Waals surface area contributed by atoms with Crippen molar-refractivity contribution in [2.24, 2.45) is 0 Å². The van der Waals surface area contributed by atoms with E-state index in [-0.39, 0.29) is 17.5 Å². The summed E-state index contributed by atoms with van der Waals surface area (Å²) in [6.45, 7) is 0.458. The van der Waals surface area contributed by atoms with Gasteiger partial charge in [0.25, 0.3) is 0 Å². The van der Waals surface area contributed by atoms with E-state index in [9.17, 15) is 8.78 Å². The number of nitrogens with zero attached hydrogens (tertiary/aromatic N) is 2.